The number of aliphatic hydroxyl groups excluding tert-OH is 2. The highest BCUT2D eigenvalue weighted by Crippen LogP contribution is 2.71. The normalized spacial score (nSPS) is 46.0. The van der Waals surface area contributed by atoms with Crippen LogP contribution in [-0.2, 0) is 19.1 Å². The summed E-state index contributed by atoms with van der Waals surface area (Å²) in [4.78, 5) is 37.6. The lowest BCUT2D eigenvalue weighted by atomic mass is 9.44. The van der Waals surface area contributed by atoms with Gasteiger partial charge in [-0.05, 0) is 57.6 Å². The summed E-state index contributed by atoms with van der Waals surface area (Å²) in [5.41, 5.74) is -5.38. The number of fused-ring (bicyclic) bond motifs is 5. The molecule has 8 heteroatoms. The molecule has 0 bridgehead atoms. The molecule has 182 valence electrons. The van der Waals surface area contributed by atoms with Gasteiger partial charge >= 0.3 is 6.16 Å². The monoisotopic (exact) mass is 464 g/mol. The zero-order valence-electron chi connectivity index (χ0n) is 19.6. The van der Waals surface area contributed by atoms with Gasteiger partial charge in [-0.1, -0.05) is 25.5 Å². The van der Waals surface area contributed by atoms with Crippen molar-refractivity contribution >= 4 is 17.7 Å². The van der Waals surface area contributed by atoms with E-state index in [-0.39, 0.29) is 18.8 Å². The maximum Gasteiger partial charge on any atom is 0.509 e. The molecule has 0 saturated heterocycles. The maximum absolute atomic E-state index is 17.2. The van der Waals surface area contributed by atoms with Gasteiger partial charge in [-0.15, -0.1) is 0 Å². The molecule has 0 aliphatic heterocycles. The van der Waals surface area contributed by atoms with E-state index in [1.54, 1.807) is 33.8 Å². The number of carbonyl (C=O) groups is 3. The molecule has 0 aromatic rings. The topological polar surface area (TPSA) is 110 Å². The minimum absolute atomic E-state index is 0.0497. The van der Waals surface area contributed by atoms with Gasteiger partial charge in [-0.2, -0.15) is 0 Å². The summed E-state index contributed by atoms with van der Waals surface area (Å²) in [6.45, 7) is 6.06. The largest absolute Gasteiger partial charge is 0.509 e. The highest BCUT2D eigenvalue weighted by Gasteiger charge is 2.77. The van der Waals surface area contributed by atoms with E-state index in [0.29, 0.717) is 24.8 Å². The fourth-order valence-electron chi connectivity index (χ4n) is 7.80. The molecule has 0 aromatic carbocycles. The van der Waals surface area contributed by atoms with Gasteiger partial charge in [0.05, 0.1) is 12.7 Å². The molecule has 4 aliphatic rings. The number of carbonyl (C=O) groups excluding carboxylic acids is 3. The Bertz CT molecular complexity index is 943. The number of aliphatic hydroxyl groups is 2. The van der Waals surface area contributed by atoms with Gasteiger partial charge in [-0.25, -0.2) is 9.18 Å². The highest BCUT2D eigenvalue weighted by molar-refractivity contribution is 6.01. The first-order chi connectivity index (χ1) is 15.4. The van der Waals surface area contributed by atoms with Crippen LogP contribution in [0.3, 0.4) is 0 Å². The third-order valence-electron chi connectivity index (χ3n) is 9.25. The summed E-state index contributed by atoms with van der Waals surface area (Å²) in [7, 11) is 0. The van der Waals surface area contributed by atoms with Gasteiger partial charge in [-0.3, -0.25) is 9.59 Å². The van der Waals surface area contributed by atoms with Crippen molar-refractivity contribution < 1.29 is 38.5 Å². The number of hydrogen-bond acceptors (Lipinski definition) is 7. The highest BCUT2D eigenvalue weighted by atomic mass is 19.1. The number of ketones is 2. The van der Waals surface area contributed by atoms with Crippen molar-refractivity contribution in [2.75, 3.05) is 13.2 Å². The maximum atomic E-state index is 17.2. The van der Waals surface area contributed by atoms with Crippen molar-refractivity contribution in [3.63, 3.8) is 0 Å². The Kier molecular flexibility index (Phi) is 5.64. The summed E-state index contributed by atoms with van der Waals surface area (Å²) in [5.74, 6) is -2.40. The molecule has 0 heterocycles. The molecule has 8 atom stereocenters. The lowest BCUT2D eigenvalue weighted by Crippen LogP contribution is -2.70. The number of Topliss-reactive ketones (excluding diaryl/α,β-unsaturated/α-hetero) is 1. The van der Waals surface area contributed by atoms with E-state index in [1.807, 2.05) is 0 Å². The number of halogens is 1. The Morgan fingerprint density at radius 3 is 2.61 bits per heavy atom. The van der Waals surface area contributed by atoms with Crippen molar-refractivity contribution in [3.8, 4) is 0 Å². The molecule has 33 heavy (non-hydrogen) atoms. The van der Waals surface area contributed by atoms with Crippen LogP contribution < -0.4 is 0 Å². The molecule has 0 unspecified atom stereocenters. The number of ether oxygens (including phenoxy) is 2. The van der Waals surface area contributed by atoms with Gasteiger partial charge in [0.1, 0.15) is 6.61 Å². The molecule has 0 spiro atoms. The molecule has 4 aliphatic carbocycles. The molecule has 0 radical (unpaired) electrons. The molecule has 0 amide bonds. The van der Waals surface area contributed by atoms with Crippen LogP contribution in [0.1, 0.15) is 53.4 Å². The van der Waals surface area contributed by atoms with Crippen molar-refractivity contribution in [1.82, 2.24) is 0 Å². The number of hydrogen-bond donors (Lipinski definition) is 2. The molecule has 4 rings (SSSR count). The van der Waals surface area contributed by atoms with Crippen molar-refractivity contribution in [2.24, 2.45) is 28.6 Å². The quantitative estimate of drug-likeness (QED) is 0.615. The minimum Gasteiger partial charge on any atom is -0.435 e. The van der Waals surface area contributed by atoms with Crippen LogP contribution in [0.25, 0.3) is 0 Å². The fraction of sp³-hybridized carbons (Fsp3) is 0.720. The smallest absolute Gasteiger partial charge is 0.435 e. The zero-order valence-corrected chi connectivity index (χ0v) is 19.6. The second-order valence-corrected chi connectivity index (χ2v) is 10.5. The summed E-state index contributed by atoms with van der Waals surface area (Å²) in [6, 6.07) is 0. The standard InChI is InChI=1S/C25H33FO7/c1-5-32-21(31)33-25(20(30)13-27)14(2)10-18-17-7-6-15-11-16(28)8-9-22(15,3)24(17,26)19(29)12-23(18,25)4/h8-9,11,14,17-19,27,29H,5-7,10,12-13H2,1-4H3/t14-,17+,18+,19+,22+,23+,24+,25+/m1/s1. The van der Waals surface area contributed by atoms with Gasteiger partial charge < -0.3 is 19.7 Å². The Balaban J connectivity index is 1.83. The van der Waals surface area contributed by atoms with Gasteiger partial charge in [0.15, 0.2) is 17.1 Å². The first-order valence-electron chi connectivity index (χ1n) is 11.7. The SMILES string of the molecule is CCOC(=O)O[C@]1(C(=O)CO)[C@H](C)C[C@H]2[C@@H]3CCC4=CC(=O)C=C[C@]4(C)[C@@]3(F)[C@@H](O)C[C@@]21C. The molecule has 0 aromatic heterocycles. The lowest BCUT2D eigenvalue weighted by Gasteiger charge is -2.62. The van der Waals surface area contributed by atoms with Crippen LogP contribution in [0, 0.1) is 28.6 Å². The summed E-state index contributed by atoms with van der Waals surface area (Å²) in [5, 5.41) is 21.2. The third kappa shape index (κ3) is 2.89. The first-order valence-corrected chi connectivity index (χ1v) is 11.7. The Morgan fingerprint density at radius 1 is 1.27 bits per heavy atom. The van der Waals surface area contributed by atoms with Crippen molar-refractivity contribution in [2.45, 2.75) is 70.8 Å². The predicted octanol–water partition coefficient (Wildman–Crippen LogP) is 3.08. The van der Waals surface area contributed by atoms with Crippen molar-refractivity contribution in [3.05, 3.63) is 23.8 Å². The number of allylic oxidation sites excluding steroid dienone is 4. The van der Waals surface area contributed by atoms with Crippen molar-refractivity contribution in [1.29, 1.82) is 0 Å². The summed E-state index contributed by atoms with van der Waals surface area (Å²) < 4.78 is 27.9. The Morgan fingerprint density at radius 2 is 1.97 bits per heavy atom. The van der Waals surface area contributed by atoms with E-state index in [1.165, 1.54) is 12.2 Å². The van der Waals surface area contributed by atoms with E-state index < -0.39 is 64.5 Å². The fourth-order valence-corrected chi connectivity index (χ4v) is 7.80. The summed E-state index contributed by atoms with van der Waals surface area (Å²) >= 11 is 0. The Hall–Kier alpha value is -2.06. The molecule has 2 N–H and O–H groups in total. The first kappa shape index (κ1) is 24.1. The second-order valence-electron chi connectivity index (χ2n) is 10.5. The van der Waals surface area contributed by atoms with E-state index in [2.05, 4.69) is 0 Å². The molecule has 7 nitrogen and oxygen atoms in total. The van der Waals surface area contributed by atoms with E-state index in [9.17, 15) is 24.6 Å². The average molecular weight is 465 g/mol. The third-order valence-corrected chi connectivity index (χ3v) is 9.25. The lowest BCUT2D eigenvalue weighted by molar-refractivity contribution is -0.222. The van der Waals surface area contributed by atoms with Gasteiger partial charge in [0.2, 0.25) is 5.78 Å². The van der Waals surface area contributed by atoms with Crippen LogP contribution in [0.4, 0.5) is 9.18 Å². The molecular weight excluding hydrogens is 431 g/mol. The van der Waals surface area contributed by atoms with Crippen LogP contribution in [0.15, 0.2) is 23.8 Å². The van der Waals surface area contributed by atoms with E-state index in [0.717, 1.165) is 0 Å². The number of rotatable bonds is 4. The predicted molar refractivity (Wildman–Crippen MR) is 116 cm³/mol. The van der Waals surface area contributed by atoms with Crippen LogP contribution >= 0.6 is 0 Å². The molecule has 3 fully saturated rings. The summed E-state index contributed by atoms with van der Waals surface area (Å²) in [6.07, 6.45) is 3.05. The van der Waals surface area contributed by atoms with E-state index >= 15 is 4.39 Å². The number of alkyl halides is 1. The minimum atomic E-state index is -2.06. The van der Waals surface area contributed by atoms with Crippen LogP contribution in [0.2, 0.25) is 0 Å². The average Bonchev–Trinajstić information content (AvgIpc) is 2.97. The Labute approximate surface area is 193 Å². The van der Waals surface area contributed by atoms with Crippen LogP contribution in [-0.4, -0.2) is 58.5 Å². The second kappa shape index (κ2) is 7.73. The van der Waals surface area contributed by atoms with Crippen LogP contribution in [0.5, 0.6) is 0 Å². The van der Waals surface area contributed by atoms with Gasteiger partial charge in [0, 0.05) is 22.7 Å². The van der Waals surface area contributed by atoms with Gasteiger partial charge in [0.25, 0.3) is 0 Å². The molecule has 3 saturated carbocycles. The van der Waals surface area contributed by atoms with E-state index in [4.69, 9.17) is 9.47 Å². The zero-order chi connectivity index (χ0) is 24.4. The molecular formula is C25H33FO7.